The molecule has 0 saturated carbocycles. The second-order valence-electron chi connectivity index (χ2n) is 6.39. The number of nitrogens with zero attached hydrogens (tertiary/aromatic N) is 2. The summed E-state index contributed by atoms with van der Waals surface area (Å²) in [7, 11) is 3.23. The van der Waals surface area contributed by atoms with Gasteiger partial charge in [-0.2, -0.15) is 0 Å². The highest BCUT2D eigenvalue weighted by Crippen LogP contribution is 2.30. The summed E-state index contributed by atoms with van der Waals surface area (Å²) in [5.74, 6) is 0.132. The van der Waals surface area contributed by atoms with E-state index in [0.29, 0.717) is 25.3 Å². The van der Waals surface area contributed by atoms with Crippen LogP contribution in [0.2, 0.25) is 0 Å². The number of hydrogen-bond acceptors (Lipinski definition) is 5. The molecule has 0 aliphatic heterocycles. The molecule has 27 heavy (non-hydrogen) atoms. The van der Waals surface area contributed by atoms with Crippen molar-refractivity contribution in [2.45, 2.75) is 12.8 Å². The average molecular weight is 364 g/mol. The lowest BCUT2D eigenvalue weighted by atomic mass is 10.1. The maximum Gasteiger partial charge on any atom is 0.305 e. The number of anilines is 1. The number of likely N-dealkylation sites (N-methyl/N-ethyl adjacent to an activating group) is 1. The number of pyridine rings is 1. The van der Waals surface area contributed by atoms with E-state index >= 15 is 0 Å². The normalized spacial score (nSPS) is 10.7. The first-order valence-corrected chi connectivity index (χ1v) is 8.97. The summed E-state index contributed by atoms with van der Waals surface area (Å²) in [5.41, 5.74) is 2.97. The molecule has 140 valence electrons. The third-order valence-electron chi connectivity index (χ3n) is 4.59. The maximum atomic E-state index is 11.2. The third-order valence-corrected chi connectivity index (χ3v) is 4.59. The summed E-state index contributed by atoms with van der Waals surface area (Å²) in [6, 6.07) is 16.2. The molecule has 2 N–H and O–H groups in total. The van der Waals surface area contributed by atoms with Gasteiger partial charge in [0.15, 0.2) is 0 Å². The molecule has 1 heterocycles. The molecule has 0 fully saturated rings. The summed E-state index contributed by atoms with van der Waals surface area (Å²) in [6.45, 7) is 1.33. The van der Waals surface area contributed by atoms with Crippen LogP contribution in [0.15, 0.2) is 48.5 Å². The van der Waals surface area contributed by atoms with Crippen molar-refractivity contribution in [3.05, 3.63) is 48.5 Å². The molecular formula is C21H24N4O2. The topological polar surface area (TPSA) is 78.3 Å². The van der Waals surface area contributed by atoms with Crippen LogP contribution < -0.4 is 5.32 Å². The van der Waals surface area contributed by atoms with E-state index in [1.165, 1.54) is 7.11 Å². The van der Waals surface area contributed by atoms with Crippen LogP contribution in [0.3, 0.4) is 0 Å². The van der Waals surface area contributed by atoms with Gasteiger partial charge in [-0.05, 0) is 12.1 Å². The molecular weight excluding hydrogens is 340 g/mol. The first-order chi connectivity index (χ1) is 13.1. The average Bonchev–Trinajstić information content (AvgIpc) is 2.70. The summed E-state index contributed by atoms with van der Waals surface area (Å²) in [4.78, 5) is 17.8. The Labute approximate surface area is 158 Å². The summed E-state index contributed by atoms with van der Waals surface area (Å²) in [5, 5.41) is 13.8. The van der Waals surface area contributed by atoms with Gasteiger partial charge in [-0.1, -0.05) is 36.4 Å². The Balaban J connectivity index is 1.71. The predicted molar refractivity (Wildman–Crippen MR) is 109 cm³/mol. The predicted octanol–water partition coefficient (Wildman–Crippen LogP) is 3.66. The number of ether oxygens (including phenoxy) is 1. The molecule has 3 aromatic rings. The molecule has 0 aliphatic rings. The lowest BCUT2D eigenvalue weighted by Gasteiger charge is -2.21. The molecule has 2 aromatic carbocycles. The van der Waals surface area contributed by atoms with Gasteiger partial charge in [0.2, 0.25) is 0 Å². The van der Waals surface area contributed by atoms with Gasteiger partial charge in [0.05, 0.1) is 36.1 Å². The van der Waals surface area contributed by atoms with Gasteiger partial charge < -0.3 is 15.0 Å². The zero-order valence-electron chi connectivity index (χ0n) is 15.7. The minimum Gasteiger partial charge on any atom is -0.469 e. The van der Waals surface area contributed by atoms with Crippen LogP contribution in [0, 0.1) is 5.41 Å². The molecule has 3 rings (SSSR count). The molecule has 0 saturated heterocycles. The van der Waals surface area contributed by atoms with Crippen molar-refractivity contribution in [1.82, 2.24) is 9.88 Å². The van der Waals surface area contributed by atoms with E-state index in [2.05, 4.69) is 22.2 Å². The number of nitrogens with one attached hydrogen (secondary N) is 2. The highest BCUT2D eigenvalue weighted by Gasteiger charge is 2.10. The van der Waals surface area contributed by atoms with Crippen molar-refractivity contribution < 1.29 is 9.53 Å². The number of benzene rings is 2. The molecule has 0 aliphatic carbocycles. The van der Waals surface area contributed by atoms with E-state index in [1.807, 2.05) is 48.3 Å². The fourth-order valence-electron chi connectivity index (χ4n) is 3.03. The van der Waals surface area contributed by atoms with E-state index < -0.39 is 0 Å². The van der Waals surface area contributed by atoms with Gasteiger partial charge in [-0.25, -0.2) is 4.98 Å². The minimum absolute atomic E-state index is 0.229. The van der Waals surface area contributed by atoms with Gasteiger partial charge in [0.1, 0.15) is 0 Å². The van der Waals surface area contributed by atoms with Crippen molar-refractivity contribution in [1.29, 1.82) is 5.41 Å². The standard InChI is InChI=1S/C21H24N4O2/c1-25(19(22)11-12-20(26)27-2)14-13-23-21-15-7-3-5-9-17(15)24-18-10-6-4-8-16(18)21/h3-10,22H,11-14H2,1-2H3,(H,23,24). The van der Waals surface area contributed by atoms with E-state index in [0.717, 1.165) is 27.5 Å². The van der Waals surface area contributed by atoms with Crippen molar-refractivity contribution in [3.8, 4) is 0 Å². The number of carbonyl (C=O) groups is 1. The number of esters is 1. The molecule has 0 bridgehead atoms. The van der Waals surface area contributed by atoms with Crippen LogP contribution in [-0.4, -0.2) is 48.9 Å². The molecule has 6 nitrogen and oxygen atoms in total. The van der Waals surface area contributed by atoms with Crippen LogP contribution in [0.5, 0.6) is 0 Å². The fourth-order valence-corrected chi connectivity index (χ4v) is 3.03. The Bertz CT molecular complexity index is 917. The van der Waals surface area contributed by atoms with Crippen LogP contribution in [0.1, 0.15) is 12.8 Å². The Kier molecular flexibility index (Phi) is 5.86. The molecule has 0 unspecified atom stereocenters. The first-order valence-electron chi connectivity index (χ1n) is 8.97. The molecule has 0 amide bonds. The first kappa shape index (κ1) is 18.6. The van der Waals surface area contributed by atoms with E-state index in [9.17, 15) is 4.79 Å². The molecule has 0 spiro atoms. The number of carbonyl (C=O) groups excluding carboxylic acids is 1. The van der Waals surface area contributed by atoms with Crippen molar-refractivity contribution in [2.24, 2.45) is 0 Å². The Morgan fingerprint density at radius 2 is 1.67 bits per heavy atom. The number of para-hydroxylation sites is 2. The number of rotatable bonds is 7. The Hall–Kier alpha value is -3.15. The lowest BCUT2D eigenvalue weighted by molar-refractivity contribution is -0.140. The molecule has 6 heteroatoms. The van der Waals surface area contributed by atoms with Gasteiger partial charge in [-0.15, -0.1) is 0 Å². The number of aromatic nitrogens is 1. The van der Waals surface area contributed by atoms with Crippen LogP contribution in [-0.2, 0) is 9.53 Å². The zero-order chi connectivity index (χ0) is 19.2. The van der Waals surface area contributed by atoms with E-state index in [1.54, 1.807) is 0 Å². The fraction of sp³-hybridized carbons (Fsp3) is 0.286. The molecule has 0 atom stereocenters. The number of fused-ring (bicyclic) bond motifs is 2. The molecule has 0 radical (unpaired) electrons. The van der Waals surface area contributed by atoms with Gasteiger partial charge in [0.25, 0.3) is 0 Å². The van der Waals surface area contributed by atoms with Gasteiger partial charge >= 0.3 is 5.97 Å². The van der Waals surface area contributed by atoms with Gasteiger partial charge in [-0.3, -0.25) is 10.2 Å². The number of hydrogen-bond donors (Lipinski definition) is 2. The molecule has 1 aromatic heterocycles. The van der Waals surface area contributed by atoms with E-state index in [-0.39, 0.29) is 12.4 Å². The van der Waals surface area contributed by atoms with Crippen LogP contribution >= 0.6 is 0 Å². The van der Waals surface area contributed by atoms with Crippen molar-refractivity contribution in [2.75, 3.05) is 32.6 Å². The highest BCUT2D eigenvalue weighted by atomic mass is 16.5. The summed E-state index contributed by atoms with van der Waals surface area (Å²) in [6.07, 6.45) is 0.608. The van der Waals surface area contributed by atoms with E-state index in [4.69, 9.17) is 10.4 Å². The largest absolute Gasteiger partial charge is 0.469 e. The third kappa shape index (κ3) is 4.34. The quantitative estimate of drug-likeness (QED) is 0.289. The number of amidine groups is 1. The Morgan fingerprint density at radius 3 is 2.26 bits per heavy atom. The van der Waals surface area contributed by atoms with Crippen LogP contribution in [0.25, 0.3) is 21.8 Å². The van der Waals surface area contributed by atoms with Crippen molar-refractivity contribution >= 4 is 39.3 Å². The van der Waals surface area contributed by atoms with Crippen molar-refractivity contribution in [3.63, 3.8) is 0 Å². The summed E-state index contributed by atoms with van der Waals surface area (Å²) < 4.78 is 4.63. The smallest absolute Gasteiger partial charge is 0.305 e. The maximum absolute atomic E-state index is 11.2. The van der Waals surface area contributed by atoms with Crippen LogP contribution in [0.4, 0.5) is 5.69 Å². The highest BCUT2D eigenvalue weighted by molar-refractivity contribution is 6.07. The van der Waals surface area contributed by atoms with Gasteiger partial charge in [0, 0.05) is 37.3 Å². The number of methoxy groups -OCH3 is 1. The zero-order valence-corrected chi connectivity index (χ0v) is 15.7. The SMILES string of the molecule is COC(=O)CCC(=N)N(C)CCNc1c2ccccc2nc2ccccc12. The summed E-state index contributed by atoms with van der Waals surface area (Å²) >= 11 is 0. The minimum atomic E-state index is -0.291. The lowest BCUT2D eigenvalue weighted by Crippen LogP contribution is -2.31. The second kappa shape index (κ2) is 8.49. The monoisotopic (exact) mass is 364 g/mol. The Morgan fingerprint density at radius 1 is 1.07 bits per heavy atom. The second-order valence-corrected chi connectivity index (χ2v) is 6.39.